The Bertz CT molecular complexity index is 1180. The maximum Gasteiger partial charge on any atom is 0.284 e. The first-order valence-electron chi connectivity index (χ1n) is 12.5. The molecule has 3 N–H and O–H groups in total. The summed E-state index contributed by atoms with van der Waals surface area (Å²) in [5.74, 6) is -0.685. The van der Waals surface area contributed by atoms with Gasteiger partial charge in [-0.15, -0.1) is 23.7 Å². The van der Waals surface area contributed by atoms with Crippen molar-refractivity contribution in [2.24, 2.45) is 5.92 Å². The van der Waals surface area contributed by atoms with Crippen molar-refractivity contribution >= 4 is 76.1 Å². The molecule has 0 saturated heterocycles. The number of anilines is 1. The molecule has 3 heterocycles. The minimum absolute atomic E-state index is 0. The smallest absolute Gasteiger partial charge is 0.284 e. The number of carbonyl (C=O) groups excluding carboxylic acids is 3. The highest BCUT2D eigenvalue weighted by atomic mass is 35.5. The molecule has 0 aromatic carbocycles. The van der Waals surface area contributed by atoms with Crippen LogP contribution in [0.4, 0.5) is 5.82 Å². The van der Waals surface area contributed by atoms with Crippen molar-refractivity contribution in [2.75, 3.05) is 39.5 Å². The number of nitrogens with one attached hydrogen (secondary N) is 3. The van der Waals surface area contributed by atoms with E-state index in [0.29, 0.717) is 35.1 Å². The summed E-state index contributed by atoms with van der Waals surface area (Å²) in [4.78, 5) is 52.4. The number of thiocarbonyl (C=S) groups is 1. The number of amides is 3. The highest BCUT2D eigenvalue weighted by Gasteiger charge is 2.37. The van der Waals surface area contributed by atoms with Crippen LogP contribution >= 0.6 is 47.6 Å². The number of pyridine rings is 1. The fourth-order valence-electron chi connectivity index (χ4n) is 4.75. The molecule has 10 nitrogen and oxygen atoms in total. The van der Waals surface area contributed by atoms with Gasteiger partial charge in [0.2, 0.25) is 5.91 Å². The van der Waals surface area contributed by atoms with Gasteiger partial charge in [-0.25, -0.2) is 9.97 Å². The van der Waals surface area contributed by atoms with Crippen LogP contribution in [0.2, 0.25) is 5.02 Å². The summed E-state index contributed by atoms with van der Waals surface area (Å²) in [5, 5.41) is 9.73. The second kappa shape index (κ2) is 13.8. The van der Waals surface area contributed by atoms with Gasteiger partial charge in [0, 0.05) is 56.6 Å². The van der Waals surface area contributed by atoms with E-state index in [0.717, 1.165) is 36.5 Å². The molecule has 0 spiro atoms. The number of hydrogen-bond donors (Lipinski definition) is 3. The molecule has 1 aliphatic heterocycles. The van der Waals surface area contributed by atoms with Crippen LogP contribution < -0.4 is 16.0 Å². The van der Waals surface area contributed by atoms with E-state index < -0.39 is 11.9 Å². The molecule has 2 aromatic rings. The van der Waals surface area contributed by atoms with Gasteiger partial charge >= 0.3 is 0 Å². The van der Waals surface area contributed by atoms with Gasteiger partial charge in [0.05, 0.1) is 16.8 Å². The van der Waals surface area contributed by atoms with E-state index in [1.54, 1.807) is 31.1 Å². The summed E-state index contributed by atoms with van der Waals surface area (Å²) in [5.41, 5.74) is 0.983. The fourth-order valence-corrected chi connectivity index (χ4v) is 6.07. The van der Waals surface area contributed by atoms with Crippen LogP contribution in [0.1, 0.15) is 39.6 Å². The lowest BCUT2D eigenvalue weighted by Crippen LogP contribution is -2.56. The molecule has 1 aliphatic carbocycles. The monoisotopic (exact) mass is 613 g/mol. The molecule has 1 saturated carbocycles. The van der Waals surface area contributed by atoms with Gasteiger partial charge in [-0.1, -0.05) is 23.8 Å². The van der Waals surface area contributed by atoms with Crippen molar-refractivity contribution in [2.45, 2.75) is 44.2 Å². The fraction of sp³-hybridized carbons (Fsp3) is 0.520. The van der Waals surface area contributed by atoms with Crippen LogP contribution in [-0.2, 0) is 22.4 Å². The predicted molar refractivity (Wildman–Crippen MR) is 159 cm³/mol. The molecule has 14 heteroatoms. The first-order valence-corrected chi connectivity index (χ1v) is 14.1. The molecule has 4 rings (SSSR count). The molecule has 3 amide bonds. The minimum atomic E-state index is -0.514. The Hall–Kier alpha value is -2.38. The van der Waals surface area contributed by atoms with Crippen molar-refractivity contribution in [3.8, 4) is 0 Å². The zero-order valence-corrected chi connectivity index (χ0v) is 25.2. The summed E-state index contributed by atoms with van der Waals surface area (Å²) >= 11 is 12.7. The Morgan fingerprint density at radius 3 is 2.56 bits per heavy atom. The third-order valence-corrected chi connectivity index (χ3v) is 8.55. The average molecular weight is 615 g/mol. The van der Waals surface area contributed by atoms with Gasteiger partial charge in [0.25, 0.3) is 11.8 Å². The summed E-state index contributed by atoms with van der Waals surface area (Å²) in [6.45, 7) is 1.84. The maximum atomic E-state index is 13.3. The molecule has 2 aromatic heterocycles. The quantitative estimate of drug-likeness (QED) is 0.440. The second-order valence-electron chi connectivity index (χ2n) is 9.91. The Balaban J connectivity index is 0.00000420. The lowest BCUT2D eigenvalue weighted by Gasteiger charge is -2.37. The van der Waals surface area contributed by atoms with E-state index >= 15 is 0 Å². The highest BCUT2D eigenvalue weighted by molar-refractivity contribution is 7.82. The summed E-state index contributed by atoms with van der Waals surface area (Å²) in [6.07, 6.45) is 4.72. The summed E-state index contributed by atoms with van der Waals surface area (Å²) in [7, 11) is 5.54. The molecule has 3 atom stereocenters. The van der Waals surface area contributed by atoms with Gasteiger partial charge in [-0.3, -0.25) is 14.4 Å². The molecule has 0 unspecified atom stereocenters. The molecule has 1 fully saturated rings. The van der Waals surface area contributed by atoms with E-state index in [-0.39, 0.29) is 41.2 Å². The van der Waals surface area contributed by atoms with Crippen LogP contribution in [0.25, 0.3) is 0 Å². The molecular formula is C25H33Cl2N7O3S2. The third kappa shape index (κ3) is 8.07. The highest BCUT2D eigenvalue weighted by Crippen LogP contribution is 2.28. The van der Waals surface area contributed by atoms with E-state index in [2.05, 4.69) is 37.9 Å². The van der Waals surface area contributed by atoms with Crippen molar-refractivity contribution in [1.82, 2.24) is 30.4 Å². The summed E-state index contributed by atoms with van der Waals surface area (Å²) < 4.78 is 0. The number of fused-ring (bicyclic) bond motifs is 1. The maximum absolute atomic E-state index is 13.3. The van der Waals surface area contributed by atoms with E-state index in [1.807, 2.05) is 0 Å². The van der Waals surface area contributed by atoms with Crippen molar-refractivity contribution < 1.29 is 14.4 Å². The molecule has 0 bridgehead atoms. The van der Waals surface area contributed by atoms with Crippen molar-refractivity contribution in [3.63, 3.8) is 0 Å². The number of hydrogen-bond acceptors (Lipinski definition) is 8. The predicted octanol–water partition coefficient (Wildman–Crippen LogP) is 2.55. The van der Waals surface area contributed by atoms with Crippen molar-refractivity contribution in [3.05, 3.63) is 38.9 Å². The number of likely N-dealkylation sites (N-methyl/N-ethyl adjacent to an activating group) is 1. The molecule has 0 radical (unpaired) electrons. The first-order chi connectivity index (χ1) is 18.1. The zero-order chi connectivity index (χ0) is 27.4. The Morgan fingerprint density at radius 2 is 1.87 bits per heavy atom. The number of rotatable bonds is 5. The average Bonchev–Trinajstić information content (AvgIpc) is 3.23. The molecule has 2 aliphatic rings. The third-order valence-electron chi connectivity index (χ3n) is 6.87. The number of thiazole rings is 1. The van der Waals surface area contributed by atoms with Crippen LogP contribution in [0.3, 0.4) is 0 Å². The largest absolute Gasteiger partial charge is 0.367 e. The van der Waals surface area contributed by atoms with E-state index in [1.165, 1.54) is 17.5 Å². The number of carbonyl (C=O) groups is 3. The number of aromatic nitrogens is 2. The van der Waals surface area contributed by atoms with Gasteiger partial charge in [0.15, 0.2) is 10.00 Å². The van der Waals surface area contributed by atoms with Gasteiger partial charge in [0.1, 0.15) is 5.82 Å². The number of nitrogens with zero attached hydrogens (tertiary/aromatic N) is 4. The minimum Gasteiger partial charge on any atom is -0.367 e. The Labute approximate surface area is 248 Å². The van der Waals surface area contributed by atoms with Crippen LogP contribution in [0.5, 0.6) is 0 Å². The van der Waals surface area contributed by atoms with E-state index in [4.69, 9.17) is 23.8 Å². The molecule has 212 valence electrons. The Morgan fingerprint density at radius 1 is 1.13 bits per heavy atom. The lowest BCUT2D eigenvalue weighted by molar-refractivity contribution is -0.134. The first kappa shape index (κ1) is 31.2. The van der Waals surface area contributed by atoms with Crippen molar-refractivity contribution in [1.29, 1.82) is 0 Å². The normalized spacial score (nSPS) is 21.0. The van der Waals surface area contributed by atoms with Gasteiger partial charge in [-0.2, -0.15) is 0 Å². The van der Waals surface area contributed by atoms with Crippen LogP contribution in [0.15, 0.2) is 18.3 Å². The number of halogens is 2. The van der Waals surface area contributed by atoms with Gasteiger partial charge in [-0.05, 0) is 44.9 Å². The summed E-state index contributed by atoms with van der Waals surface area (Å²) in [6, 6.07) is 2.45. The SMILES string of the molecule is CN1CCc2nc(C(=O)N[C@@H]3C[C@@H](C(=O)N(C)C)CC[C@@H]3NC(=S)C(=O)Nc3ccc(Cl)cn3)sc2CC1.Cl. The second-order valence-corrected chi connectivity index (χ2v) is 11.8. The lowest BCUT2D eigenvalue weighted by atomic mass is 9.81. The zero-order valence-electron chi connectivity index (χ0n) is 22.0. The molecular weight excluding hydrogens is 581 g/mol. The van der Waals surface area contributed by atoms with E-state index in [9.17, 15) is 14.4 Å². The van der Waals surface area contributed by atoms with Crippen LogP contribution in [-0.4, -0.2) is 88.8 Å². The van der Waals surface area contributed by atoms with Gasteiger partial charge < -0.3 is 25.8 Å². The standard InChI is InChI=1S/C25H32ClN7O3S2.ClH/c1-32(2)25(36)14-4-6-16(29-23(37)21(34)31-20-7-5-15(26)13-27-20)18(12-14)28-22(35)24-30-17-8-10-33(3)11-9-19(17)38-24;/h5,7,13-14,16,18H,4,6,8-12H2,1-3H3,(H,28,35)(H,29,37)(H,27,31,34);1H/t14-,16-,18+;/m0./s1. The molecule has 39 heavy (non-hydrogen) atoms. The Kier molecular flexibility index (Phi) is 11.0. The topological polar surface area (TPSA) is 120 Å². The van der Waals surface area contributed by atoms with Crippen LogP contribution in [0, 0.1) is 5.92 Å².